The zero-order chi connectivity index (χ0) is 17.1. The number of nitrogens with zero attached hydrogens (tertiary/aromatic N) is 3. The Morgan fingerprint density at radius 2 is 2.04 bits per heavy atom. The number of hydrogen-bond acceptors (Lipinski definition) is 5. The standard InChI is InChI=1S/C19H27N3O3/c23-18(16-4-7-20-8-5-16)22-11-12-24-15-19(14-22)6-3-17(25-19)13-21-9-1-2-10-21/h4-5,7-8,17H,1-3,6,9-15H2. The van der Waals surface area contributed by atoms with Crippen LogP contribution in [-0.4, -0.2) is 78.3 Å². The van der Waals surface area contributed by atoms with E-state index in [4.69, 9.17) is 9.47 Å². The van der Waals surface area contributed by atoms with Crippen LogP contribution in [0.3, 0.4) is 0 Å². The molecule has 3 aliphatic rings. The minimum absolute atomic E-state index is 0.0406. The van der Waals surface area contributed by atoms with Crippen LogP contribution in [0.4, 0.5) is 0 Å². The Hall–Kier alpha value is -1.50. The molecule has 4 heterocycles. The van der Waals surface area contributed by atoms with Crippen LogP contribution in [0.5, 0.6) is 0 Å². The SMILES string of the molecule is O=C(c1ccncc1)N1CCOCC2(CCC(CN3CCCC3)O2)C1. The average molecular weight is 345 g/mol. The van der Waals surface area contributed by atoms with Crippen LogP contribution in [0.15, 0.2) is 24.5 Å². The summed E-state index contributed by atoms with van der Waals surface area (Å²) in [4.78, 5) is 21.2. The third-order valence-electron chi connectivity index (χ3n) is 5.56. The van der Waals surface area contributed by atoms with Gasteiger partial charge in [0.25, 0.3) is 5.91 Å². The van der Waals surface area contributed by atoms with Gasteiger partial charge in [-0.3, -0.25) is 9.78 Å². The van der Waals surface area contributed by atoms with Crippen LogP contribution < -0.4 is 0 Å². The molecule has 0 bridgehead atoms. The van der Waals surface area contributed by atoms with E-state index >= 15 is 0 Å². The van der Waals surface area contributed by atoms with Gasteiger partial charge in [-0.25, -0.2) is 0 Å². The summed E-state index contributed by atoms with van der Waals surface area (Å²) in [5.41, 5.74) is 0.336. The predicted molar refractivity (Wildman–Crippen MR) is 93.5 cm³/mol. The van der Waals surface area contributed by atoms with Crippen molar-refractivity contribution in [1.82, 2.24) is 14.8 Å². The molecule has 3 aliphatic heterocycles. The lowest BCUT2D eigenvalue weighted by Crippen LogP contribution is -2.47. The molecule has 1 spiro atoms. The van der Waals surface area contributed by atoms with Crippen molar-refractivity contribution in [2.75, 3.05) is 45.9 Å². The Kier molecular flexibility index (Phi) is 5.01. The second kappa shape index (κ2) is 7.40. The zero-order valence-corrected chi connectivity index (χ0v) is 14.7. The number of aromatic nitrogens is 1. The second-order valence-electron chi connectivity index (χ2n) is 7.48. The molecule has 0 radical (unpaired) electrons. The van der Waals surface area contributed by atoms with E-state index in [1.807, 2.05) is 4.90 Å². The fourth-order valence-corrected chi connectivity index (χ4v) is 4.26. The van der Waals surface area contributed by atoms with E-state index in [0.29, 0.717) is 31.9 Å². The van der Waals surface area contributed by atoms with E-state index in [2.05, 4.69) is 9.88 Å². The van der Waals surface area contributed by atoms with E-state index in [0.717, 1.165) is 19.4 Å². The van der Waals surface area contributed by atoms with Crippen molar-refractivity contribution in [1.29, 1.82) is 0 Å². The maximum absolute atomic E-state index is 12.8. The monoisotopic (exact) mass is 345 g/mol. The quantitative estimate of drug-likeness (QED) is 0.832. The fraction of sp³-hybridized carbons (Fsp3) is 0.684. The molecule has 4 rings (SSSR count). The summed E-state index contributed by atoms with van der Waals surface area (Å²) in [6, 6.07) is 3.54. The van der Waals surface area contributed by atoms with Crippen LogP contribution in [0.1, 0.15) is 36.0 Å². The molecule has 2 unspecified atom stereocenters. The molecule has 25 heavy (non-hydrogen) atoms. The van der Waals surface area contributed by atoms with Gasteiger partial charge in [-0.2, -0.15) is 0 Å². The van der Waals surface area contributed by atoms with Crippen molar-refractivity contribution < 1.29 is 14.3 Å². The van der Waals surface area contributed by atoms with Gasteiger partial charge < -0.3 is 19.3 Å². The predicted octanol–water partition coefficient (Wildman–Crippen LogP) is 1.57. The first-order chi connectivity index (χ1) is 12.2. The lowest BCUT2D eigenvalue weighted by molar-refractivity contribution is -0.0890. The third kappa shape index (κ3) is 3.86. The first kappa shape index (κ1) is 16.9. The van der Waals surface area contributed by atoms with Gasteiger partial charge in [-0.1, -0.05) is 0 Å². The van der Waals surface area contributed by atoms with Crippen LogP contribution in [0, 0.1) is 0 Å². The summed E-state index contributed by atoms with van der Waals surface area (Å²) < 4.78 is 12.3. The molecule has 3 saturated heterocycles. The number of carbonyl (C=O) groups excluding carboxylic acids is 1. The topological polar surface area (TPSA) is 54.9 Å². The highest BCUT2D eigenvalue weighted by Gasteiger charge is 2.44. The molecule has 6 heteroatoms. The number of ether oxygens (including phenoxy) is 2. The van der Waals surface area contributed by atoms with Gasteiger partial charge in [0.05, 0.1) is 25.9 Å². The maximum Gasteiger partial charge on any atom is 0.254 e. The highest BCUT2D eigenvalue weighted by Crippen LogP contribution is 2.34. The minimum atomic E-state index is -0.344. The van der Waals surface area contributed by atoms with E-state index < -0.39 is 0 Å². The highest BCUT2D eigenvalue weighted by molar-refractivity contribution is 5.94. The van der Waals surface area contributed by atoms with Crippen LogP contribution in [-0.2, 0) is 9.47 Å². The Morgan fingerprint density at radius 1 is 1.24 bits per heavy atom. The van der Waals surface area contributed by atoms with Crippen molar-refractivity contribution in [2.45, 2.75) is 37.4 Å². The molecular weight excluding hydrogens is 318 g/mol. The van der Waals surface area contributed by atoms with Gasteiger partial charge in [-0.05, 0) is 50.9 Å². The molecule has 1 amide bonds. The summed E-state index contributed by atoms with van der Waals surface area (Å²) in [5.74, 6) is 0.0406. The summed E-state index contributed by atoms with van der Waals surface area (Å²) >= 11 is 0. The molecular formula is C19H27N3O3. The molecule has 0 aromatic carbocycles. The second-order valence-corrected chi connectivity index (χ2v) is 7.48. The summed E-state index contributed by atoms with van der Waals surface area (Å²) in [5, 5.41) is 0. The Morgan fingerprint density at radius 3 is 2.84 bits per heavy atom. The van der Waals surface area contributed by atoms with Gasteiger partial charge in [0, 0.05) is 31.0 Å². The van der Waals surface area contributed by atoms with Gasteiger partial charge in [0.1, 0.15) is 5.60 Å². The smallest absolute Gasteiger partial charge is 0.254 e. The summed E-state index contributed by atoms with van der Waals surface area (Å²) in [7, 11) is 0. The molecule has 136 valence electrons. The van der Waals surface area contributed by atoms with Gasteiger partial charge in [-0.15, -0.1) is 0 Å². The molecule has 1 aromatic heterocycles. The average Bonchev–Trinajstić information content (AvgIpc) is 3.23. The number of amides is 1. The third-order valence-corrected chi connectivity index (χ3v) is 5.56. The van der Waals surface area contributed by atoms with Gasteiger partial charge >= 0.3 is 0 Å². The minimum Gasteiger partial charge on any atom is -0.377 e. The van der Waals surface area contributed by atoms with Crippen molar-refractivity contribution in [3.05, 3.63) is 30.1 Å². The first-order valence-corrected chi connectivity index (χ1v) is 9.41. The van der Waals surface area contributed by atoms with Crippen molar-refractivity contribution in [3.8, 4) is 0 Å². The van der Waals surface area contributed by atoms with E-state index in [1.54, 1.807) is 24.5 Å². The number of rotatable bonds is 3. The van der Waals surface area contributed by atoms with Gasteiger partial charge in [0.15, 0.2) is 0 Å². The molecule has 0 saturated carbocycles. The Bertz CT molecular complexity index is 591. The normalized spacial score (nSPS) is 30.7. The number of carbonyl (C=O) groups is 1. The highest BCUT2D eigenvalue weighted by atomic mass is 16.6. The van der Waals surface area contributed by atoms with Gasteiger partial charge in [0.2, 0.25) is 0 Å². The Balaban J connectivity index is 1.42. The number of likely N-dealkylation sites (tertiary alicyclic amines) is 1. The van der Waals surface area contributed by atoms with E-state index in [-0.39, 0.29) is 17.6 Å². The van der Waals surface area contributed by atoms with Crippen LogP contribution in [0.2, 0.25) is 0 Å². The molecule has 0 N–H and O–H groups in total. The van der Waals surface area contributed by atoms with E-state index in [9.17, 15) is 4.79 Å². The summed E-state index contributed by atoms with van der Waals surface area (Å²) in [6.07, 6.45) is 8.20. The molecule has 2 atom stereocenters. The van der Waals surface area contributed by atoms with Crippen molar-refractivity contribution >= 4 is 5.91 Å². The molecule has 6 nitrogen and oxygen atoms in total. The Labute approximate surface area is 149 Å². The largest absolute Gasteiger partial charge is 0.377 e. The summed E-state index contributed by atoms with van der Waals surface area (Å²) in [6.45, 7) is 5.78. The van der Waals surface area contributed by atoms with Crippen molar-refractivity contribution in [3.63, 3.8) is 0 Å². The van der Waals surface area contributed by atoms with Crippen LogP contribution >= 0.6 is 0 Å². The maximum atomic E-state index is 12.8. The lowest BCUT2D eigenvalue weighted by Gasteiger charge is -2.32. The molecule has 3 fully saturated rings. The molecule has 0 aliphatic carbocycles. The fourth-order valence-electron chi connectivity index (χ4n) is 4.26. The molecule has 1 aromatic rings. The van der Waals surface area contributed by atoms with Crippen LogP contribution in [0.25, 0.3) is 0 Å². The number of pyridine rings is 1. The van der Waals surface area contributed by atoms with Crippen molar-refractivity contribution in [2.24, 2.45) is 0 Å². The van der Waals surface area contributed by atoms with E-state index in [1.165, 1.54) is 25.9 Å². The zero-order valence-electron chi connectivity index (χ0n) is 14.7. The number of hydrogen-bond donors (Lipinski definition) is 0. The first-order valence-electron chi connectivity index (χ1n) is 9.41. The lowest BCUT2D eigenvalue weighted by atomic mass is 9.99.